The number of carboxylic acids is 1. The number of carbonyl (C=O) groups is 1. The second-order valence-corrected chi connectivity index (χ2v) is 6.21. The highest BCUT2D eigenvalue weighted by molar-refractivity contribution is 6.31. The number of piperidine rings is 1. The van der Waals surface area contributed by atoms with Crippen LogP contribution in [0.15, 0.2) is 24.3 Å². The number of likely N-dealkylation sites (tertiary alicyclic amines) is 1. The molecule has 4 nitrogen and oxygen atoms in total. The summed E-state index contributed by atoms with van der Waals surface area (Å²) >= 11 is 6.15. The van der Waals surface area contributed by atoms with E-state index in [1.807, 2.05) is 31.2 Å². The van der Waals surface area contributed by atoms with Crippen molar-refractivity contribution in [2.75, 3.05) is 13.1 Å². The molecule has 1 unspecified atom stereocenters. The van der Waals surface area contributed by atoms with Crippen molar-refractivity contribution < 1.29 is 15.0 Å². The van der Waals surface area contributed by atoms with Gasteiger partial charge >= 0.3 is 5.97 Å². The Kier molecular flexibility index (Phi) is 5.25. The maximum atomic E-state index is 11.6. The average Bonchev–Trinajstić information content (AvgIpc) is 2.44. The SMILES string of the molecule is CCC[C@]1(C(=O)O)CCN(Cc2ccccc2Cl)CC1O. The van der Waals surface area contributed by atoms with Crippen molar-refractivity contribution in [3.63, 3.8) is 0 Å². The Morgan fingerprint density at radius 2 is 2.19 bits per heavy atom. The van der Waals surface area contributed by atoms with Gasteiger partial charge in [0.2, 0.25) is 0 Å². The van der Waals surface area contributed by atoms with E-state index in [0.29, 0.717) is 37.5 Å². The van der Waals surface area contributed by atoms with E-state index in [0.717, 1.165) is 12.0 Å². The summed E-state index contributed by atoms with van der Waals surface area (Å²) in [5.74, 6) is -0.880. The van der Waals surface area contributed by atoms with Gasteiger partial charge < -0.3 is 10.2 Å². The molecule has 1 aromatic carbocycles. The number of carboxylic acid groups (broad SMARTS) is 1. The Balaban J connectivity index is 2.06. The average molecular weight is 312 g/mol. The van der Waals surface area contributed by atoms with Crippen molar-refractivity contribution in [1.82, 2.24) is 4.90 Å². The molecule has 2 atom stereocenters. The number of aliphatic hydroxyl groups excluding tert-OH is 1. The third-order valence-electron chi connectivity index (χ3n) is 4.42. The van der Waals surface area contributed by atoms with E-state index < -0.39 is 17.5 Å². The first-order valence-electron chi connectivity index (χ1n) is 7.37. The molecular weight excluding hydrogens is 290 g/mol. The van der Waals surface area contributed by atoms with Crippen LogP contribution in [0.25, 0.3) is 0 Å². The van der Waals surface area contributed by atoms with Gasteiger partial charge in [-0.2, -0.15) is 0 Å². The summed E-state index contributed by atoms with van der Waals surface area (Å²) < 4.78 is 0. The van der Waals surface area contributed by atoms with Crippen LogP contribution in [0.5, 0.6) is 0 Å². The zero-order valence-corrected chi connectivity index (χ0v) is 13.0. The van der Waals surface area contributed by atoms with Gasteiger partial charge in [0.25, 0.3) is 0 Å². The number of rotatable bonds is 5. The minimum Gasteiger partial charge on any atom is -0.481 e. The van der Waals surface area contributed by atoms with Gasteiger partial charge in [-0.15, -0.1) is 0 Å². The van der Waals surface area contributed by atoms with Gasteiger partial charge in [0, 0.05) is 18.1 Å². The molecule has 1 aromatic rings. The first kappa shape index (κ1) is 16.3. The zero-order chi connectivity index (χ0) is 15.5. The molecule has 21 heavy (non-hydrogen) atoms. The number of hydrogen-bond acceptors (Lipinski definition) is 3. The molecule has 1 heterocycles. The van der Waals surface area contributed by atoms with E-state index in [2.05, 4.69) is 4.90 Å². The van der Waals surface area contributed by atoms with Gasteiger partial charge in [-0.05, 0) is 31.0 Å². The lowest BCUT2D eigenvalue weighted by molar-refractivity contribution is -0.164. The normalized spacial score (nSPS) is 26.7. The summed E-state index contributed by atoms with van der Waals surface area (Å²) in [6.45, 7) is 3.62. The predicted molar refractivity (Wildman–Crippen MR) is 82.3 cm³/mol. The third kappa shape index (κ3) is 3.39. The molecule has 0 aliphatic carbocycles. The second kappa shape index (κ2) is 6.77. The minimum atomic E-state index is -0.994. The molecule has 2 N–H and O–H groups in total. The van der Waals surface area contributed by atoms with Crippen LogP contribution >= 0.6 is 11.6 Å². The largest absolute Gasteiger partial charge is 0.481 e. The number of aliphatic hydroxyl groups is 1. The van der Waals surface area contributed by atoms with Crippen LogP contribution in [-0.2, 0) is 11.3 Å². The zero-order valence-electron chi connectivity index (χ0n) is 12.3. The number of aliphatic carboxylic acids is 1. The maximum absolute atomic E-state index is 11.6. The molecule has 0 spiro atoms. The summed E-state index contributed by atoms with van der Waals surface area (Å²) in [5.41, 5.74) is 0.0100. The van der Waals surface area contributed by atoms with Gasteiger partial charge in [0.15, 0.2) is 0 Å². The Labute approximate surface area is 130 Å². The number of nitrogens with zero attached hydrogens (tertiary/aromatic N) is 1. The molecule has 5 heteroatoms. The molecule has 1 fully saturated rings. The van der Waals surface area contributed by atoms with E-state index in [1.54, 1.807) is 0 Å². The van der Waals surface area contributed by atoms with Crippen LogP contribution in [0.2, 0.25) is 5.02 Å². The number of β-amino-alcohol motifs (C(OH)–C–C–N with tert-alkyl or cyclic N) is 1. The van der Waals surface area contributed by atoms with Gasteiger partial charge in [-0.3, -0.25) is 9.69 Å². The van der Waals surface area contributed by atoms with E-state index in [9.17, 15) is 15.0 Å². The molecular formula is C16H22ClNO3. The van der Waals surface area contributed by atoms with Crippen LogP contribution in [0.3, 0.4) is 0 Å². The topological polar surface area (TPSA) is 60.8 Å². The Morgan fingerprint density at radius 1 is 1.48 bits per heavy atom. The lowest BCUT2D eigenvalue weighted by atomic mass is 9.73. The summed E-state index contributed by atoms with van der Waals surface area (Å²) in [6.07, 6.45) is 0.908. The van der Waals surface area contributed by atoms with Crippen LogP contribution in [-0.4, -0.2) is 40.3 Å². The van der Waals surface area contributed by atoms with Crippen molar-refractivity contribution in [1.29, 1.82) is 0 Å². The maximum Gasteiger partial charge on any atom is 0.312 e. The minimum absolute atomic E-state index is 0.373. The van der Waals surface area contributed by atoms with E-state index in [1.165, 1.54) is 0 Å². The van der Waals surface area contributed by atoms with Crippen molar-refractivity contribution in [2.45, 2.75) is 38.8 Å². The molecule has 0 bridgehead atoms. The van der Waals surface area contributed by atoms with Gasteiger partial charge in [0.05, 0.1) is 11.5 Å². The first-order chi connectivity index (χ1) is 9.99. The van der Waals surface area contributed by atoms with Crippen molar-refractivity contribution in [3.8, 4) is 0 Å². The Bertz CT molecular complexity index is 508. The molecule has 1 aliphatic rings. The number of halogens is 1. The number of benzene rings is 1. The fourth-order valence-corrected chi connectivity index (χ4v) is 3.34. The van der Waals surface area contributed by atoms with Crippen molar-refractivity contribution in [2.24, 2.45) is 5.41 Å². The predicted octanol–water partition coefficient (Wildman–Crippen LogP) is 2.78. The summed E-state index contributed by atoms with van der Waals surface area (Å²) in [5, 5.41) is 20.6. The van der Waals surface area contributed by atoms with E-state index >= 15 is 0 Å². The van der Waals surface area contributed by atoms with Gasteiger partial charge in [0.1, 0.15) is 0 Å². The molecule has 1 aliphatic heterocycles. The highest BCUT2D eigenvalue weighted by atomic mass is 35.5. The molecule has 0 amide bonds. The first-order valence-corrected chi connectivity index (χ1v) is 7.74. The van der Waals surface area contributed by atoms with E-state index in [4.69, 9.17) is 11.6 Å². The molecule has 2 rings (SSSR count). The smallest absolute Gasteiger partial charge is 0.312 e. The molecule has 0 aromatic heterocycles. The Hall–Kier alpha value is -1.10. The highest BCUT2D eigenvalue weighted by Gasteiger charge is 2.47. The molecule has 116 valence electrons. The fourth-order valence-electron chi connectivity index (χ4n) is 3.14. The van der Waals surface area contributed by atoms with Gasteiger partial charge in [-0.25, -0.2) is 0 Å². The van der Waals surface area contributed by atoms with Crippen LogP contribution < -0.4 is 0 Å². The highest BCUT2D eigenvalue weighted by Crippen LogP contribution is 2.37. The summed E-state index contributed by atoms with van der Waals surface area (Å²) in [6, 6.07) is 7.61. The van der Waals surface area contributed by atoms with Crippen LogP contribution in [0.1, 0.15) is 31.7 Å². The third-order valence-corrected chi connectivity index (χ3v) is 4.79. The Morgan fingerprint density at radius 3 is 2.76 bits per heavy atom. The summed E-state index contributed by atoms with van der Waals surface area (Å²) in [4.78, 5) is 13.7. The lowest BCUT2D eigenvalue weighted by Gasteiger charge is -2.42. The molecule has 0 saturated carbocycles. The lowest BCUT2D eigenvalue weighted by Crippen LogP contribution is -2.54. The summed E-state index contributed by atoms with van der Waals surface area (Å²) in [7, 11) is 0. The number of hydrogen-bond donors (Lipinski definition) is 2. The second-order valence-electron chi connectivity index (χ2n) is 5.80. The monoisotopic (exact) mass is 311 g/mol. The fraction of sp³-hybridized carbons (Fsp3) is 0.562. The van der Waals surface area contributed by atoms with Crippen LogP contribution in [0.4, 0.5) is 0 Å². The quantitative estimate of drug-likeness (QED) is 0.878. The van der Waals surface area contributed by atoms with Crippen LogP contribution in [0, 0.1) is 5.41 Å². The molecule has 1 saturated heterocycles. The van der Waals surface area contributed by atoms with Crippen molar-refractivity contribution in [3.05, 3.63) is 34.9 Å². The van der Waals surface area contributed by atoms with E-state index in [-0.39, 0.29) is 0 Å². The van der Waals surface area contributed by atoms with Crippen molar-refractivity contribution >= 4 is 17.6 Å². The standard InChI is InChI=1S/C16H22ClNO3/c1-2-7-16(15(20)21)8-9-18(11-14(16)19)10-12-5-3-4-6-13(12)17/h3-6,14,19H,2,7-11H2,1H3,(H,20,21)/t14?,16-/m0/s1. The molecule has 0 radical (unpaired) electrons. The van der Waals surface area contributed by atoms with Gasteiger partial charge in [-0.1, -0.05) is 43.1 Å².